The van der Waals surface area contributed by atoms with Crippen molar-refractivity contribution in [1.82, 2.24) is 5.32 Å². The smallest absolute Gasteiger partial charge is 0.251 e. The number of halogens is 1. The molecule has 0 radical (unpaired) electrons. The lowest BCUT2D eigenvalue weighted by atomic mass is 9.49. The first kappa shape index (κ1) is 13.8. The molecule has 0 spiro atoms. The molecule has 5 rings (SSSR count). The van der Waals surface area contributed by atoms with Crippen LogP contribution in [0.1, 0.15) is 48.9 Å². The van der Waals surface area contributed by atoms with E-state index in [1.807, 2.05) is 24.3 Å². The van der Waals surface area contributed by atoms with E-state index < -0.39 is 0 Å². The molecule has 4 fully saturated rings. The summed E-state index contributed by atoms with van der Waals surface area (Å²) in [5, 5.41) is 3.22. The number of amides is 1. The van der Waals surface area contributed by atoms with Gasteiger partial charge in [0.25, 0.3) is 5.91 Å². The summed E-state index contributed by atoms with van der Waals surface area (Å²) in [6, 6.07) is 7.66. The predicted octanol–water partition coefficient (Wildman–Crippen LogP) is 4.40. The lowest BCUT2D eigenvalue weighted by molar-refractivity contribution is -0.0503. The molecule has 4 aliphatic carbocycles. The molecular formula is C18H22BrNO. The van der Waals surface area contributed by atoms with Gasteiger partial charge in [-0.05, 0) is 79.9 Å². The Morgan fingerprint density at radius 1 is 1.14 bits per heavy atom. The normalized spacial score (nSPS) is 36.7. The van der Waals surface area contributed by atoms with Crippen LogP contribution < -0.4 is 5.32 Å². The van der Waals surface area contributed by atoms with E-state index in [1.54, 1.807) is 0 Å². The van der Waals surface area contributed by atoms with Crippen LogP contribution in [0.25, 0.3) is 0 Å². The number of carbonyl (C=O) groups excluding carboxylic acids is 1. The van der Waals surface area contributed by atoms with Crippen molar-refractivity contribution < 1.29 is 4.79 Å². The minimum absolute atomic E-state index is 0.0760. The number of nitrogens with one attached hydrogen (secondary N) is 1. The molecule has 4 bridgehead atoms. The molecule has 1 N–H and O–H groups in total. The highest BCUT2D eigenvalue weighted by atomic mass is 79.9. The van der Waals surface area contributed by atoms with Gasteiger partial charge in [-0.15, -0.1) is 0 Å². The average molecular weight is 348 g/mol. The highest BCUT2D eigenvalue weighted by Crippen LogP contribution is 2.59. The largest absolute Gasteiger partial charge is 0.351 e. The van der Waals surface area contributed by atoms with Gasteiger partial charge in [-0.3, -0.25) is 4.79 Å². The molecule has 1 aromatic rings. The monoisotopic (exact) mass is 347 g/mol. The Bertz CT molecular complexity index is 533. The van der Waals surface area contributed by atoms with Crippen molar-refractivity contribution in [2.45, 2.75) is 38.5 Å². The fourth-order valence-electron chi connectivity index (χ4n) is 5.51. The highest BCUT2D eigenvalue weighted by Gasteiger charge is 2.50. The van der Waals surface area contributed by atoms with Gasteiger partial charge >= 0.3 is 0 Å². The summed E-state index contributed by atoms with van der Waals surface area (Å²) in [6.45, 7) is 0.877. The van der Waals surface area contributed by atoms with Crippen LogP contribution in [0.4, 0.5) is 0 Å². The number of carbonyl (C=O) groups is 1. The van der Waals surface area contributed by atoms with E-state index in [-0.39, 0.29) is 5.91 Å². The van der Waals surface area contributed by atoms with Gasteiger partial charge in [0.1, 0.15) is 0 Å². The Balaban J connectivity index is 1.44. The molecule has 3 heteroatoms. The van der Waals surface area contributed by atoms with Gasteiger partial charge < -0.3 is 5.32 Å². The standard InChI is InChI=1S/C18H22BrNO/c19-16-3-1-2-15(7-16)17(21)20-11-18-8-12-4-13(9-18)6-14(5-12)10-18/h1-3,7,12-14H,4-6,8-11H2,(H,20,21). The summed E-state index contributed by atoms with van der Waals surface area (Å²) in [4.78, 5) is 12.4. The van der Waals surface area contributed by atoms with E-state index in [1.165, 1.54) is 38.5 Å². The highest BCUT2D eigenvalue weighted by molar-refractivity contribution is 9.10. The zero-order valence-electron chi connectivity index (χ0n) is 12.3. The first-order chi connectivity index (χ1) is 10.1. The maximum absolute atomic E-state index is 12.4. The Labute approximate surface area is 134 Å². The SMILES string of the molecule is O=C(NCC12CC3CC(CC(C3)C1)C2)c1cccc(Br)c1. The van der Waals surface area contributed by atoms with Crippen LogP contribution in [0.2, 0.25) is 0 Å². The van der Waals surface area contributed by atoms with Crippen molar-refractivity contribution in [3.05, 3.63) is 34.3 Å². The van der Waals surface area contributed by atoms with E-state index in [2.05, 4.69) is 21.2 Å². The molecule has 21 heavy (non-hydrogen) atoms. The van der Waals surface area contributed by atoms with Crippen molar-refractivity contribution in [1.29, 1.82) is 0 Å². The van der Waals surface area contributed by atoms with Crippen molar-refractivity contribution >= 4 is 21.8 Å². The van der Waals surface area contributed by atoms with Crippen LogP contribution >= 0.6 is 15.9 Å². The third kappa shape index (κ3) is 2.65. The number of benzene rings is 1. The Hall–Kier alpha value is -0.830. The van der Waals surface area contributed by atoms with E-state index in [0.29, 0.717) is 5.41 Å². The maximum atomic E-state index is 12.4. The number of hydrogen-bond donors (Lipinski definition) is 1. The van der Waals surface area contributed by atoms with E-state index in [4.69, 9.17) is 0 Å². The van der Waals surface area contributed by atoms with Gasteiger partial charge in [0.2, 0.25) is 0 Å². The zero-order valence-corrected chi connectivity index (χ0v) is 13.9. The third-order valence-corrected chi connectivity index (χ3v) is 6.37. The molecule has 0 unspecified atom stereocenters. The predicted molar refractivity (Wildman–Crippen MR) is 87.1 cm³/mol. The molecule has 0 saturated heterocycles. The fourth-order valence-corrected chi connectivity index (χ4v) is 5.91. The first-order valence-corrected chi connectivity index (χ1v) is 8.95. The Kier molecular flexibility index (Phi) is 3.36. The van der Waals surface area contributed by atoms with Crippen molar-refractivity contribution in [2.75, 3.05) is 6.54 Å². The summed E-state index contributed by atoms with van der Waals surface area (Å²) in [6.07, 6.45) is 8.41. The molecule has 1 aromatic carbocycles. The average Bonchev–Trinajstić information content (AvgIpc) is 2.43. The van der Waals surface area contributed by atoms with Crippen molar-refractivity contribution in [2.24, 2.45) is 23.2 Å². The number of hydrogen-bond acceptors (Lipinski definition) is 1. The van der Waals surface area contributed by atoms with Crippen LogP contribution in [-0.4, -0.2) is 12.5 Å². The molecule has 112 valence electrons. The Morgan fingerprint density at radius 2 is 1.76 bits per heavy atom. The van der Waals surface area contributed by atoms with Gasteiger partial charge in [0, 0.05) is 16.6 Å². The quantitative estimate of drug-likeness (QED) is 0.862. The summed E-state index contributed by atoms with van der Waals surface area (Å²) in [5.74, 6) is 2.91. The second-order valence-electron chi connectivity index (χ2n) is 7.61. The molecule has 1 amide bonds. The first-order valence-electron chi connectivity index (χ1n) is 8.16. The van der Waals surface area contributed by atoms with Gasteiger partial charge in [0.15, 0.2) is 0 Å². The van der Waals surface area contributed by atoms with Crippen LogP contribution in [0.3, 0.4) is 0 Å². The molecule has 2 nitrogen and oxygen atoms in total. The van der Waals surface area contributed by atoms with Crippen LogP contribution in [0.5, 0.6) is 0 Å². The summed E-state index contributed by atoms with van der Waals surface area (Å²) in [7, 11) is 0. The molecule has 0 aliphatic heterocycles. The number of rotatable bonds is 3. The van der Waals surface area contributed by atoms with Gasteiger partial charge in [-0.1, -0.05) is 22.0 Å². The van der Waals surface area contributed by atoms with Crippen molar-refractivity contribution in [3.8, 4) is 0 Å². The second kappa shape index (κ2) is 5.12. The second-order valence-corrected chi connectivity index (χ2v) is 8.53. The molecular weight excluding hydrogens is 326 g/mol. The van der Waals surface area contributed by atoms with Crippen LogP contribution in [0.15, 0.2) is 28.7 Å². The molecule has 4 saturated carbocycles. The van der Waals surface area contributed by atoms with Gasteiger partial charge in [0.05, 0.1) is 0 Å². The van der Waals surface area contributed by atoms with Gasteiger partial charge in [-0.25, -0.2) is 0 Å². The van der Waals surface area contributed by atoms with E-state index in [0.717, 1.165) is 34.3 Å². The molecule has 4 aliphatic rings. The van der Waals surface area contributed by atoms with Crippen molar-refractivity contribution in [3.63, 3.8) is 0 Å². The minimum Gasteiger partial charge on any atom is -0.351 e. The van der Waals surface area contributed by atoms with Crippen LogP contribution in [0, 0.1) is 23.2 Å². The van der Waals surface area contributed by atoms with Gasteiger partial charge in [-0.2, -0.15) is 0 Å². The molecule has 0 aromatic heterocycles. The summed E-state index contributed by atoms with van der Waals surface area (Å²) < 4.78 is 0.963. The lowest BCUT2D eigenvalue weighted by Crippen LogP contribution is -2.51. The summed E-state index contributed by atoms with van der Waals surface area (Å²) >= 11 is 3.43. The summed E-state index contributed by atoms with van der Waals surface area (Å²) in [5.41, 5.74) is 1.17. The zero-order chi connectivity index (χ0) is 14.4. The fraction of sp³-hybridized carbons (Fsp3) is 0.611. The van der Waals surface area contributed by atoms with Crippen LogP contribution in [-0.2, 0) is 0 Å². The van der Waals surface area contributed by atoms with E-state index in [9.17, 15) is 4.79 Å². The maximum Gasteiger partial charge on any atom is 0.251 e. The minimum atomic E-state index is 0.0760. The van der Waals surface area contributed by atoms with E-state index >= 15 is 0 Å². The molecule has 0 atom stereocenters. The third-order valence-electron chi connectivity index (χ3n) is 5.88. The molecule has 0 heterocycles. The Morgan fingerprint density at radius 3 is 2.33 bits per heavy atom. The topological polar surface area (TPSA) is 29.1 Å². The lowest BCUT2D eigenvalue weighted by Gasteiger charge is -2.56.